The van der Waals surface area contributed by atoms with Crippen LogP contribution in [-0.2, 0) is 36.9 Å². The van der Waals surface area contributed by atoms with Gasteiger partial charge in [-0.05, 0) is 108 Å². The molecule has 0 aliphatic carbocycles. The molecule has 0 radical (unpaired) electrons. The van der Waals surface area contributed by atoms with Crippen molar-refractivity contribution < 1.29 is 74.1 Å². The second-order valence-corrected chi connectivity index (χ2v) is 14.5. The van der Waals surface area contributed by atoms with Crippen molar-refractivity contribution in [1.82, 2.24) is 5.48 Å². The molecule has 0 heterocycles. The predicted octanol–water partition coefficient (Wildman–Crippen LogP) is 7.77. The van der Waals surface area contributed by atoms with Gasteiger partial charge in [-0.25, -0.2) is 21.0 Å². The third-order valence-electron chi connectivity index (χ3n) is 8.53. The van der Waals surface area contributed by atoms with E-state index in [9.17, 15) is 19.2 Å². The number of aldehydes is 1. The Morgan fingerprint density at radius 3 is 1.41 bits per heavy atom. The fourth-order valence-electron chi connectivity index (χ4n) is 5.19. The number of nitrogen functional groups attached to an aromatic ring is 1. The summed E-state index contributed by atoms with van der Waals surface area (Å²) in [6.07, 6.45) is 9.84. The molecule has 0 saturated heterocycles. The van der Waals surface area contributed by atoms with E-state index in [-0.39, 0.29) is 47.0 Å². The van der Waals surface area contributed by atoms with E-state index in [0.717, 1.165) is 50.5 Å². The van der Waals surface area contributed by atoms with E-state index in [1.54, 1.807) is 61.0 Å². The smallest absolute Gasteiger partial charge is 0.870 e. The third kappa shape index (κ3) is 26.8. The first-order chi connectivity index (χ1) is 32.4. The maximum Gasteiger partial charge on any atom is 1.00 e. The largest absolute Gasteiger partial charge is 1.00 e. The monoisotopic (exact) mass is 1010 g/mol. The van der Waals surface area contributed by atoms with Gasteiger partial charge in [0.05, 0.1) is 13.7 Å². The summed E-state index contributed by atoms with van der Waals surface area (Å²) in [6.45, 7) is 3.49. The van der Waals surface area contributed by atoms with Gasteiger partial charge in [0, 0.05) is 69.0 Å². The molecular formula is C51H53Cl3N5NaO9. The summed E-state index contributed by atoms with van der Waals surface area (Å²) >= 11 is 17.3. The van der Waals surface area contributed by atoms with Crippen molar-refractivity contribution in [1.29, 1.82) is 0 Å². The minimum absolute atomic E-state index is 0. The molecule has 0 aromatic heterocycles. The number of ether oxygens (including phenoxy) is 2. The third-order valence-corrected chi connectivity index (χ3v) is 9.28. The number of hydroxylamine groups is 1. The molecule has 14 nitrogen and oxygen atoms in total. The maximum absolute atomic E-state index is 11.4. The molecule has 6 aromatic rings. The molecule has 0 atom stereocenters. The number of nitrogens with two attached hydrogens (primary N) is 2. The number of nitrogens with one attached hydrogen (secondary N) is 3. The molecule has 358 valence electrons. The molecule has 1 amide bonds. The molecule has 0 fully saturated rings. The Morgan fingerprint density at radius 1 is 0.594 bits per heavy atom. The molecule has 0 unspecified atom stereocenters. The Morgan fingerprint density at radius 2 is 0.986 bits per heavy atom. The summed E-state index contributed by atoms with van der Waals surface area (Å²) < 4.78 is 9.33. The first-order valence-electron chi connectivity index (χ1n) is 20.1. The Balaban J connectivity index is 0.000000914. The van der Waals surface area contributed by atoms with Crippen LogP contribution in [0.1, 0.15) is 45.1 Å². The van der Waals surface area contributed by atoms with Crippen LogP contribution in [0.4, 0.5) is 17.1 Å². The van der Waals surface area contributed by atoms with Crippen LogP contribution in [0.15, 0.2) is 164 Å². The number of carbonyl (C=O) groups excluding carboxylic acids is 4. The van der Waals surface area contributed by atoms with Crippen molar-refractivity contribution >= 4 is 94.2 Å². The average molecular weight is 1010 g/mol. The molecule has 0 aliphatic rings. The predicted molar refractivity (Wildman–Crippen MR) is 272 cm³/mol. The van der Waals surface area contributed by atoms with Crippen LogP contribution in [0.2, 0.25) is 15.1 Å². The summed E-state index contributed by atoms with van der Waals surface area (Å²) in [4.78, 5) is 43.2. The van der Waals surface area contributed by atoms with Gasteiger partial charge in [0.25, 0.3) is 5.91 Å². The number of halogens is 3. The molecule has 6 aromatic carbocycles. The molecule has 69 heavy (non-hydrogen) atoms. The minimum atomic E-state index is -0.567. The zero-order valence-electron chi connectivity index (χ0n) is 38.1. The fraction of sp³-hybridized carbons (Fsp3) is 0.0980. The number of anilines is 3. The van der Waals surface area contributed by atoms with Crippen LogP contribution in [0, 0.1) is 0 Å². The van der Waals surface area contributed by atoms with E-state index in [1.807, 2.05) is 115 Å². The molecule has 6 rings (SSSR count). The van der Waals surface area contributed by atoms with Gasteiger partial charge in [-0.1, -0.05) is 126 Å². The van der Waals surface area contributed by atoms with Gasteiger partial charge in [-0.15, -0.1) is 0 Å². The van der Waals surface area contributed by atoms with Crippen molar-refractivity contribution in [3.8, 4) is 0 Å². The van der Waals surface area contributed by atoms with E-state index >= 15 is 0 Å². The number of esters is 2. The van der Waals surface area contributed by atoms with Gasteiger partial charge >= 0.3 is 41.5 Å². The van der Waals surface area contributed by atoms with Crippen LogP contribution in [-0.4, -0.2) is 53.7 Å². The number of carbonyl (C=O) groups is 4. The van der Waals surface area contributed by atoms with Gasteiger partial charge < -0.3 is 36.5 Å². The Hall–Kier alpha value is -6.27. The van der Waals surface area contributed by atoms with Crippen LogP contribution in [0.5, 0.6) is 0 Å². The fourth-order valence-corrected chi connectivity index (χ4v) is 5.56. The first kappa shape index (κ1) is 62.7. The summed E-state index contributed by atoms with van der Waals surface area (Å²) in [6, 6.07) is 44.7. The molecule has 0 spiro atoms. The van der Waals surface area contributed by atoms with Crippen molar-refractivity contribution in [2.75, 3.05) is 30.1 Å². The van der Waals surface area contributed by atoms with Gasteiger partial charge in [-0.3, -0.25) is 14.8 Å². The molecular weight excluding hydrogens is 956 g/mol. The number of hydrogen-bond donors (Lipinski definition) is 7. The van der Waals surface area contributed by atoms with Crippen LogP contribution in [0.25, 0.3) is 18.2 Å². The van der Waals surface area contributed by atoms with E-state index in [4.69, 9.17) is 55.7 Å². The summed E-state index contributed by atoms with van der Waals surface area (Å²) in [5.74, 6) is 2.21. The van der Waals surface area contributed by atoms with Gasteiger partial charge in [0.1, 0.15) is 6.29 Å². The molecule has 0 bridgehead atoms. The Labute approximate surface area is 439 Å². The van der Waals surface area contributed by atoms with E-state index in [1.165, 1.54) is 25.3 Å². The summed E-state index contributed by atoms with van der Waals surface area (Å²) in [5, 5.41) is 23.7. The minimum Gasteiger partial charge on any atom is -0.870 e. The van der Waals surface area contributed by atoms with Crippen LogP contribution < -0.4 is 57.3 Å². The Bertz CT molecular complexity index is 2510. The zero-order chi connectivity index (χ0) is 49.2. The molecule has 18 heteroatoms. The van der Waals surface area contributed by atoms with Crippen molar-refractivity contribution in [3.05, 3.63) is 212 Å². The van der Waals surface area contributed by atoms with Gasteiger partial charge in [0.2, 0.25) is 0 Å². The SMILES string of the molecule is CCOC(=O)/C=C/c1ccccc1NCc1ccc(Cl)cc1.COC(=O)/C=C/c1ccccc1N.NO.O=C(/C=C/c1ccccc1NCc1ccc(Cl)cc1)NO.O=Cc1ccc(Cl)cc1.[Na+].[OH-]. The topological polar surface area (TPSA) is 245 Å². The normalized spacial score (nSPS) is 9.80. The van der Waals surface area contributed by atoms with Crippen molar-refractivity contribution in [2.45, 2.75) is 20.0 Å². The number of amides is 1. The van der Waals surface area contributed by atoms with Crippen LogP contribution >= 0.6 is 34.8 Å². The maximum atomic E-state index is 11.4. The second kappa shape index (κ2) is 37.7. The number of benzene rings is 6. The summed E-state index contributed by atoms with van der Waals surface area (Å²) in [7, 11) is 1.33. The quantitative estimate of drug-likeness (QED) is 0.0105. The van der Waals surface area contributed by atoms with E-state index in [2.05, 4.69) is 21.3 Å². The number of hydrogen-bond acceptors (Lipinski definition) is 13. The standard InChI is InChI=1S/C18H18ClNO2.C16H15ClN2O2.C10H11NO2.C7H5ClO.H3NO.Na.H2O/c1-2-22-18(21)12-9-15-5-3-4-6-17(15)20-13-14-7-10-16(19)11-8-14;17-14-8-5-12(6-9-14)11-18-15-4-2-1-3-13(15)7-10-16(20)19-21;1-13-10(12)7-6-8-4-2-3-5-9(8)11;8-7-3-1-6(5-9)2-4-7;1-2;;/h3-12,20H,2,13H2,1H3;1-10,18,21H,11H2,(H,19,20);2-7H,11H2,1H3;1-5H;2H,1H2;;1H2/q;;;;;+1;/p-1/b12-9+;10-7+;7-6+;;;;. The zero-order valence-corrected chi connectivity index (χ0v) is 42.4. The average Bonchev–Trinajstić information content (AvgIpc) is 3.36. The summed E-state index contributed by atoms with van der Waals surface area (Å²) in [5.41, 5.74) is 15.2. The van der Waals surface area contributed by atoms with Gasteiger partial charge in [-0.2, -0.15) is 0 Å². The van der Waals surface area contributed by atoms with Crippen molar-refractivity contribution in [2.24, 2.45) is 5.90 Å². The number of methoxy groups -OCH3 is 1. The molecule has 0 saturated carbocycles. The number of rotatable bonds is 14. The first-order valence-corrected chi connectivity index (χ1v) is 21.3. The van der Waals surface area contributed by atoms with Crippen molar-refractivity contribution in [3.63, 3.8) is 0 Å². The second-order valence-electron chi connectivity index (χ2n) is 13.2. The molecule has 0 aliphatic heterocycles. The molecule has 10 N–H and O–H groups in total. The Kier molecular flexibility index (Phi) is 34.3. The van der Waals surface area contributed by atoms with E-state index in [0.29, 0.717) is 41.0 Å². The van der Waals surface area contributed by atoms with Gasteiger partial charge in [0.15, 0.2) is 0 Å². The van der Waals surface area contributed by atoms with Crippen LogP contribution in [0.3, 0.4) is 0 Å². The van der Waals surface area contributed by atoms with E-state index < -0.39 is 5.91 Å². The number of para-hydroxylation sites is 3.